The number of benzene rings is 1. The normalized spacial score (nSPS) is 12.1. The molecule has 0 bridgehead atoms. The van der Waals surface area contributed by atoms with E-state index >= 15 is 0 Å². The summed E-state index contributed by atoms with van der Waals surface area (Å²) in [6, 6.07) is 4.90. The molecule has 0 fully saturated rings. The van der Waals surface area contributed by atoms with Gasteiger partial charge in [-0.25, -0.2) is 9.78 Å². The molecule has 1 unspecified atom stereocenters. The quantitative estimate of drug-likeness (QED) is 0.786. The molecule has 3 N–H and O–H groups in total. The highest BCUT2D eigenvalue weighted by molar-refractivity contribution is 7.22. The van der Waals surface area contributed by atoms with Gasteiger partial charge in [0.1, 0.15) is 0 Å². The zero-order valence-corrected chi connectivity index (χ0v) is 12.8. The van der Waals surface area contributed by atoms with Crippen LogP contribution >= 0.6 is 22.9 Å². The number of carboxylic acid groups (broad SMARTS) is 1. The Morgan fingerprint density at radius 2 is 2.24 bits per heavy atom. The smallest absolute Gasteiger partial charge is 0.321 e. The molecule has 2 amide bonds. The van der Waals surface area contributed by atoms with E-state index in [4.69, 9.17) is 16.7 Å². The minimum atomic E-state index is -0.875. The number of urea groups is 1. The number of carbonyl (C=O) groups excluding carboxylic acids is 1. The van der Waals surface area contributed by atoms with Gasteiger partial charge < -0.3 is 10.4 Å². The lowest BCUT2D eigenvalue weighted by atomic mass is 10.1. The summed E-state index contributed by atoms with van der Waals surface area (Å²) in [6.45, 7) is 1.88. The first-order valence-corrected chi connectivity index (χ1v) is 7.49. The molecule has 1 heterocycles. The number of thiazole rings is 1. The van der Waals surface area contributed by atoms with E-state index in [9.17, 15) is 9.59 Å². The van der Waals surface area contributed by atoms with Crippen molar-refractivity contribution in [2.45, 2.75) is 13.3 Å². The standard InChI is InChI=1S/C13H14ClN3O3S/c1-7(11(18)19)4-5-15-12(20)17-13-16-9-3-2-8(14)6-10(9)21-13/h2-3,6-7H,4-5H2,1H3,(H,18,19)(H2,15,16,17,20). The lowest BCUT2D eigenvalue weighted by Crippen LogP contribution is -2.31. The molecule has 1 aromatic heterocycles. The molecule has 0 radical (unpaired) electrons. The largest absolute Gasteiger partial charge is 0.481 e. The topological polar surface area (TPSA) is 91.3 Å². The fraction of sp³-hybridized carbons (Fsp3) is 0.308. The van der Waals surface area contributed by atoms with E-state index in [-0.39, 0.29) is 6.54 Å². The van der Waals surface area contributed by atoms with Crippen LogP contribution in [0.3, 0.4) is 0 Å². The number of nitrogens with zero attached hydrogens (tertiary/aromatic N) is 1. The van der Waals surface area contributed by atoms with Crippen LogP contribution in [0, 0.1) is 5.92 Å². The molecule has 6 nitrogen and oxygen atoms in total. The number of carboxylic acids is 1. The summed E-state index contributed by atoms with van der Waals surface area (Å²) in [5, 5.41) is 15.0. The van der Waals surface area contributed by atoms with Crippen molar-refractivity contribution in [1.29, 1.82) is 0 Å². The van der Waals surface area contributed by atoms with Crippen molar-refractivity contribution < 1.29 is 14.7 Å². The number of anilines is 1. The van der Waals surface area contributed by atoms with Gasteiger partial charge in [-0.1, -0.05) is 29.9 Å². The first-order valence-electron chi connectivity index (χ1n) is 6.29. The van der Waals surface area contributed by atoms with Crippen LogP contribution in [0.15, 0.2) is 18.2 Å². The maximum atomic E-state index is 11.7. The molecule has 1 aromatic carbocycles. The Morgan fingerprint density at radius 1 is 1.48 bits per heavy atom. The van der Waals surface area contributed by atoms with Crippen LogP contribution in [-0.4, -0.2) is 28.6 Å². The molecule has 2 aromatic rings. The predicted molar refractivity (Wildman–Crippen MR) is 83.1 cm³/mol. The number of carbonyl (C=O) groups is 2. The van der Waals surface area contributed by atoms with Crippen molar-refractivity contribution in [3.63, 3.8) is 0 Å². The van der Waals surface area contributed by atoms with E-state index in [2.05, 4.69) is 15.6 Å². The molecule has 1 atom stereocenters. The SMILES string of the molecule is CC(CCNC(=O)Nc1nc2ccc(Cl)cc2s1)C(=O)O. The average molecular weight is 328 g/mol. The third-order valence-corrected chi connectivity index (χ3v) is 4.02. The molecule has 8 heteroatoms. The molecule has 0 aliphatic carbocycles. The van der Waals surface area contributed by atoms with E-state index in [1.807, 2.05) is 0 Å². The van der Waals surface area contributed by atoms with Crippen molar-refractivity contribution in [2.24, 2.45) is 5.92 Å². The highest BCUT2D eigenvalue weighted by atomic mass is 35.5. The number of aromatic nitrogens is 1. The Labute approximate surface area is 130 Å². The monoisotopic (exact) mass is 327 g/mol. The van der Waals surface area contributed by atoms with Crippen molar-refractivity contribution in [3.05, 3.63) is 23.2 Å². The van der Waals surface area contributed by atoms with Crippen molar-refractivity contribution in [1.82, 2.24) is 10.3 Å². The second kappa shape index (κ2) is 6.73. The van der Waals surface area contributed by atoms with E-state index in [1.54, 1.807) is 25.1 Å². The van der Waals surface area contributed by atoms with Crippen LogP contribution in [0.25, 0.3) is 10.2 Å². The summed E-state index contributed by atoms with van der Waals surface area (Å²) < 4.78 is 0.886. The first kappa shape index (κ1) is 15.5. The number of fused-ring (bicyclic) bond motifs is 1. The number of aliphatic carboxylic acids is 1. The van der Waals surface area contributed by atoms with Crippen LogP contribution in [0.1, 0.15) is 13.3 Å². The van der Waals surface area contributed by atoms with Gasteiger partial charge in [0.2, 0.25) is 0 Å². The third-order valence-electron chi connectivity index (χ3n) is 2.86. The molecule has 21 heavy (non-hydrogen) atoms. The fourth-order valence-electron chi connectivity index (χ4n) is 1.62. The zero-order chi connectivity index (χ0) is 15.4. The summed E-state index contributed by atoms with van der Waals surface area (Å²) >= 11 is 7.21. The van der Waals surface area contributed by atoms with Gasteiger partial charge in [-0.05, 0) is 24.6 Å². The van der Waals surface area contributed by atoms with Gasteiger partial charge >= 0.3 is 12.0 Å². The van der Waals surface area contributed by atoms with Gasteiger partial charge in [0.25, 0.3) is 0 Å². The molecule has 2 rings (SSSR count). The molecule has 0 saturated carbocycles. The highest BCUT2D eigenvalue weighted by Gasteiger charge is 2.12. The molecule has 0 spiro atoms. The number of amides is 2. The highest BCUT2D eigenvalue weighted by Crippen LogP contribution is 2.28. The van der Waals surface area contributed by atoms with Gasteiger partial charge in [-0.3, -0.25) is 10.1 Å². The zero-order valence-electron chi connectivity index (χ0n) is 11.2. The molecule has 112 valence electrons. The average Bonchev–Trinajstić information content (AvgIpc) is 2.79. The van der Waals surface area contributed by atoms with E-state index in [0.717, 1.165) is 10.2 Å². The molecular weight excluding hydrogens is 314 g/mol. The molecular formula is C13H14ClN3O3S. The Kier molecular flexibility index (Phi) is 4.98. The predicted octanol–water partition coefficient (Wildman–Crippen LogP) is 3.18. The summed E-state index contributed by atoms with van der Waals surface area (Å²) in [5.41, 5.74) is 0.763. The first-order chi connectivity index (χ1) is 9.95. The van der Waals surface area contributed by atoms with E-state index < -0.39 is 17.9 Å². The summed E-state index contributed by atoms with van der Waals surface area (Å²) in [6.07, 6.45) is 0.373. The number of nitrogens with one attached hydrogen (secondary N) is 2. The summed E-state index contributed by atoms with van der Waals surface area (Å²) in [7, 11) is 0. The summed E-state index contributed by atoms with van der Waals surface area (Å²) in [5.74, 6) is -1.37. The van der Waals surface area contributed by atoms with Crippen molar-refractivity contribution in [3.8, 4) is 0 Å². The Bertz CT molecular complexity index is 674. The number of hydrogen-bond donors (Lipinski definition) is 3. The van der Waals surface area contributed by atoms with Crippen LogP contribution < -0.4 is 10.6 Å². The number of rotatable bonds is 5. The van der Waals surface area contributed by atoms with Crippen LogP contribution in [0.4, 0.5) is 9.93 Å². The van der Waals surface area contributed by atoms with Gasteiger partial charge in [0.05, 0.1) is 16.1 Å². The molecule has 0 saturated heterocycles. The van der Waals surface area contributed by atoms with Gasteiger partial charge in [0, 0.05) is 11.6 Å². The number of halogens is 1. The second-order valence-electron chi connectivity index (χ2n) is 4.54. The second-order valence-corrected chi connectivity index (χ2v) is 6.01. The lowest BCUT2D eigenvalue weighted by Gasteiger charge is -2.07. The van der Waals surface area contributed by atoms with Gasteiger partial charge in [-0.2, -0.15) is 0 Å². The van der Waals surface area contributed by atoms with Crippen LogP contribution in [0.2, 0.25) is 5.02 Å². The third kappa shape index (κ3) is 4.30. The summed E-state index contributed by atoms with van der Waals surface area (Å²) in [4.78, 5) is 26.6. The van der Waals surface area contributed by atoms with E-state index in [0.29, 0.717) is 16.6 Å². The lowest BCUT2D eigenvalue weighted by molar-refractivity contribution is -0.141. The van der Waals surface area contributed by atoms with Crippen molar-refractivity contribution >= 4 is 50.3 Å². The maximum absolute atomic E-state index is 11.7. The molecule has 0 aliphatic rings. The maximum Gasteiger partial charge on any atom is 0.321 e. The Balaban J connectivity index is 1.88. The number of hydrogen-bond acceptors (Lipinski definition) is 4. The minimum absolute atomic E-state index is 0.288. The van der Waals surface area contributed by atoms with Gasteiger partial charge in [0.15, 0.2) is 5.13 Å². The Hall–Kier alpha value is -1.86. The Morgan fingerprint density at radius 3 is 2.95 bits per heavy atom. The van der Waals surface area contributed by atoms with Crippen LogP contribution in [0.5, 0.6) is 0 Å². The van der Waals surface area contributed by atoms with Gasteiger partial charge in [-0.15, -0.1) is 0 Å². The minimum Gasteiger partial charge on any atom is -0.481 e. The fourth-order valence-corrected chi connectivity index (χ4v) is 2.76. The van der Waals surface area contributed by atoms with Crippen LogP contribution in [-0.2, 0) is 4.79 Å². The van der Waals surface area contributed by atoms with E-state index in [1.165, 1.54) is 11.3 Å². The molecule has 0 aliphatic heterocycles. The van der Waals surface area contributed by atoms with Crippen molar-refractivity contribution in [2.75, 3.05) is 11.9 Å².